The van der Waals surface area contributed by atoms with Crippen molar-refractivity contribution < 1.29 is 9.59 Å². The summed E-state index contributed by atoms with van der Waals surface area (Å²) in [5.74, 6) is 2.06. The zero-order valence-electron chi connectivity index (χ0n) is 7.43. The predicted octanol–water partition coefficient (Wildman–Crippen LogP) is 1.91. The molecular weight excluding hydrogens is 152 g/mol. The van der Waals surface area contributed by atoms with E-state index in [2.05, 4.69) is 6.92 Å². The summed E-state index contributed by atoms with van der Waals surface area (Å²) in [4.78, 5) is 21.7. The van der Waals surface area contributed by atoms with Crippen molar-refractivity contribution in [3.63, 3.8) is 0 Å². The lowest BCUT2D eigenvalue weighted by molar-refractivity contribution is -0.120. The predicted molar refractivity (Wildman–Crippen MR) is 46.5 cm³/mol. The number of rotatable bonds is 3. The molecule has 0 saturated heterocycles. The van der Waals surface area contributed by atoms with E-state index in [0.29, 0.717) is 18.4 Å². The first-order valence-corrected chi connectivity index (χ1v) is 4.56. The number of ketones is 1. The molecule has 0 aromatic rings. The number of carbonyl (C=O) groups excluding carboxylic acids is 2. The Morgan fingerprint density at radius 3 is 2.83 bits per heavy atom. The molecule has 1 aliphatic carbocycles. The van der Waals surface area contributed by atoms with Crippen LogP contribution in [0.1, 0.15) is 39.0 Å². The molecule has 2 heteroatoms. The first kappa shape index (κ1) is 9.21. The maximum atomic E-state index is 11.2. The Bertz CT molecular complexity index is 224. The third kappa shape index (κ3) is 1.83. The molecule has 0 aliphatic heterocycles. The van der Waals surface area contributed by atoms with Gasteiger partial charge in [-0.15, -0.1) is 0 Å². The third-order valence-electron chi connectivity index (χ3n) is 2.43. The number of Topliss-reactive ketones (excluding diaryl/α,β-unsaturated/α-hetero) is 1. The summed E-state index contributed by atoms with van der Waals surface area (Å²) >= 11 is 0. The standard InChI is InChI=1S/C10H14O2/c1-2-3-4-9-8(7-11)5-6-10(9)12/h9H,2-6H2,1H3. The Morgan fingerprint density at radius 1 is 1.50 bits per heavy atom. The second kappa shape index (κ2) is 4.22. The number of hydrogen-bond donors (Lipinski definition) is 0. The van der Waals surface area contributed by atoms with E-state index in [1.54, 1.807) is 0 Å². The highest BCUT2D eigenvalue weighted by Gasteiger charge is 2.29. The molecule has 1 saturated carbocycles. The molecule has 12 heavy (non-hydrogen) atoms. The summed E-state index contributed by atoms with van der Waals surface area (Å²) in [6, 6.07) is 0. The first-order valence-electron chi connectivity index (χ1n) is 4.56. The van der Waals surface area contributed by atoms with E-state index in [9.17, 15) is 9.59 Å². The minimum absolute atomic E-state index is 0.0811. The van der Waals surface area contributed by atoms with E-state index in [4.69, 9.17) is 0 Å². The first-order chi connectivity index (χ1) is 5.79. The average molecular weight is 166 g/mol. The molecule has 1 aliphatic rings. The quantitative estimate of drug-likeness (QED) is 0.600. The van der Waals surface area contributed by atoms with Crippen molar-refractivity contribution >= 4 is 11.7 Å². The molecule has 0 radical (unpaired) electrons. The van der Waals surface area contributed by atoms with Crippen LogP contribution in [-0.2, 0) is 9.59 Å². The van der Waals surface area contributed by atoms with Gasteiger partial charge in [-0.1, -0.05) is 19.8 Å². The van der Waals surface area contributed by atoms with Gasteiger partial charge < -0.3 is 0 Å². The topological polar surface area (TPSA) is 34.1 Å². The maximum Gasteiger partial charge on any atom is 0.141 e. The molecule has 0 spiro atoms. The highest BCUT2D eigenvalue weighted by atomic mass is 16.1. The van der Waals surface area contributed by atoms with Crippen LogP contribution in [0, 0.1) is 5.92 Å². The Balaban J connectivity index is 2.58. The van der Waals surface area contributed by atoms with Crippen molar-refractivity contribution in [1.82, 2.24) is 0 Å². The molecule has 2 nitrogen and oxygen atoms in total. The monoisotopic (exact) mass is 166 g/mol. The van der Waals surface area contributed by atoms with Crippen LogP contribution in [0.4, 0.5) is 0 Å². The number of hydrogen-bond acceptors (Lipinski definition) is 2. The van der Waals surface area contributed by atoms with Crippen molar-refractivity contribution in [2.24, 2.45) is 5.92 Å². The molecule has 1 atom stereocenters. The summed E-state index contributed by atoms with van der Waals surface area (Å²) < 4.78 is 0. The summed E-state index contributed by atoms with van der Waals surface area (Å²) in [5.41, 5.74) is 0.702. The van der Waals surface area contributed by atoms with Crippen LogP contribution in [-0.4, -0.2) is 11.7 Å². The largest absolute Gasteiger partial charge is 0.299 e. The van der Waals surface area contributed by atoms with Gasteiger partial charge in [-0.25, -0.2) is 4.79 Å². The second-order valence-electron chi connectivity index (χ2n) is 3.29. The maximum absolute atomic E-state index is 11.2. The third-order valence-corrected chi connectivity index (χ3v) is 2.43. The van der Waals surface area contributed by atoms with Crippen LogP contribution in [0.5, 0.6) is 0 Å². The van der Waals surface area contributed by atoms with Crippen LogP contribution in [0.15, 0.2) is 5.57 Å². The van der Waals surface area contributed by atoms with Crippen LogP contribution in [0.25, 0.3) is 0 Å². The van der Waals surface area contributed by atoms with Gasteiger partial charge in [0.05, 0.1) is 0 Å². The molecule has 0 amide bonds. The van der Waals surface area contributed by atoms with Gasteiger partial charge in [0.1, 0.15) is 11.7 Å². The summed E-state index contributed by atoms with van der Waals surface area (Å²) in [5, 5.41) is 0. The van der Waals surface area contributed by atoms with Gasteiger partial charge in [-0.3, -0.25) is 4.79 Å². The fourth-order valence-electron chi connectivity index (χ4n) is 1.67. The fourth-order valence-corrected chi connectivity index (χ4v) is 1.67. The van der Waals surface area contributed by atoms with Gasteiger partial charge in [0, 0.05) is 17.9 Å². The minimum Gasteiger partial charge on any atom is -0.299 e. The Morgan fingerprint density at radius 2 is 2.25 bits per heavy atom. The van der Waals surface area contributed by atoms with E-state index < -0.39 is 0 Å². The van der Waals surface area contributed by atoms with Gasteiger partial charge in [0.15, 0.2) is 0 Å². The van der Waals surface area contributed by atoms with Crippen LogP contribution in [0.2, 0.25) is 0 Å². The van der Waals surface area contributed by atoms with Crippen LogP contribution >= 0.6 is 0 Å². The molecule has 1 unspecified atom stereocenters. The molecule has 0 aromatic carbocycles. The van der Waals surface area contributed by atoms with Gasteiger partial charge in [-0.2, -0.15) is 0 Å². The summed E-state index contributed by atoms with van der Waals surface area (Å²) in [7, 11) is 0. The molecule has 1 rings (SSSR count). The van der Waals surface area contributed by atoms with Gasteiger partial charge >= 0.3 is 0 Å². The number of unbranched alkanes of at least 4 members (excludes halogenated alkanes) is 1. The highest BCUT2D eigenvalue weighted by Crippen LogP contribution is 2.29. The lowest BCUT2D eigenvalue weighted by Crippen LogP contribution is -2.07. The van der Waals surface area contributed by atoms with Crippen molar-refractivity contribution in [3.8, 4) is 0 Å². The van der Waals surface area contributed by atoms with Crippen LogP contribution in [0.3, 0.4) is 0 Å². The van der Waals surface area contributed by atoms with Gasteiger partial charge in [0.25, 0.3) is 0 Å². The second-order valence-corrected chi connectivity index (χ2v) is 3.29. The van der Waals surface area contributed by atoms with Crippen LogP contribution < -0.4 is 0 Å². The normalized spacial score (nSPS) is 22.9. The SMILES string of the molecule is CCCCC1C(=O)CCC1=C=O. The zero-order valence-corrected chi connectivity index (χ0v) is 7.43. The molecule has 66 valence electrons. The fraction of sp³-hybridized carbons (Fsp3) is 0.700. The Labute approximate surface area is 72.7 Å². The summed E-state index contributed by atoms with van der Waals surface area (Å²) in [6.45, 7) is 2.09. The Hall–Kier alpha value is -0.880. The smallest absolute Gasteiger partial charge is 0.141 e. The lowest BCUT2D eigenvalue weighted by atomic mass is 9.97. The van der Waals surface area contributed by atoms with E-state index >= 15 is 0 Å². The van der Waals surface area contributed by atoms with Crippen molar-refractivity contribution in [1.29, 1.82) is 0 Å². The number of allylic oxidation sites excluding steroid dienone is 1. The minimum atomic E-state index is -0.0811. The van der Waals surface area contributed by atoms with Crippen molar-refractivity contribution in [3.05, 3.63) is 5.57 Å². The zero-order chi connectivity index (χ0) is 8.97. The van der Waals surface area contributed by atoms with Crippen molar-refractivity contribution in [2.75, 3.05) is 0 Å². The number of carbonyl (C=O) groups is 1. The van der Waals surface area contributed by atoms with E-state index in [-0.39, 0.29) is 11.7 Å². The van der Waals surface area contributed by atoms with E-state index in [1.807, 2.05) is 5.94 Å². The molecule has 1 fully saturated rings. The highest BCUT2D eigenvalue weighted by molar-refractivity contribution is 5.89. The van der Waals surface area contributed by atoms with Gasteiger partial charge in [-0.05, 0) is 12.8 Å². The van der Waals surface area contributed by atoms with E-state index in [1.165, 1.54) is 0 Å². The Kier molecular flexibility index (Phi) is 3.24. The molecule has 0 aromatic heterocycles. The van der Waals surface area contributed by atoms with Gasteiger partial charge in [0.2, 0.25) is 0 Å². The molecule has 0 heterocycles. The molecular formula is C10H14O2. The molecule has 0 bridgehead atoms. The average Bonchev–Trinajstić information content (AvgIpc) is 2.43. The lowest BCUT2D eigenvalue weighted by Gasteiger charge is -2.05. The summed E-state index contributed by atoms with van der Waals surface area (Å²) in [6.07, 6.45) is 4.16. The van der Waals surface area contributed by atoms with Crippen molar-refractivity contribution in [2.45, 2.75) is 39.0 Å². The van der Waals surface area contributed by atoms with E-state index in [0.717, 1.165) is 19.3 Å². The molecule has 0 N–H and O–H groups in total.